The average molecular weight is 375 g/mol. The summed E-state index contributed by atoms with van der Waals surface area (Å²) in [6, 6.07) is 0. The number of nitrogens with two attached hydrogens (primary N) is 2. The molecule has 3 rings (SSSR count). The monoisotopic (exact) mass is 374 g/mol. The SMILES string of the molecule is CC(=O)[O-].NC=[NH2+].O=C(CBr)C1CC1.c1ncc(C2CC2)[nH]1. The number of carbonyl (C=O) groups excluding carboxylic acids is 2. The second-order valence-corrected chi connectivity index (χ2v) is 5.40. The second kappa shape index (κ2) is 11.9. The van der Waals surface area contributed by atoms with Crippen molar-refractivity contribution in [2.24, 2.45) is 11.7 Å². The van der Waals surface area contributed by atoms with E-state index in [4.69, 9.17) is 9.90 Å². The van der Waals surface area contributed by atoms with Crippen LogP contribution in [0.4, 0.5) is 0 Å². The standard InChI is InChI=1S/C6H8N2.C5H7BrO.C2H4O2.CH4N2/c1-2-5(1)6-3-7-4-8-6;6-3-5(7)4-1-2-4;1-2(3)4;2-1-3/h3-5H,1-2H2,(H,7,8);4H,1-3H2;1H3,(H,3,4);1H,(H3,2,3). The third-order valence-corrected chi connectivity index (χ3v) is 3.25. The molecule has 0 atom stereocenters. The fourth-order valence-corrected chi connectivity index (χ4v) is 1.86. The molecular weight excluding hydrogens is 352 g/mol. The van der Waals surface area contributed by atoms with Crippen LogP contribution in [0.1, 0.15) is 44.2 Å². The molecule has 0 aromatic carbocycles. The smallest absolute Gasteiger partial charge is 0.225 e. The summed E-state index contributed by atoms with van der Waals surface area (Å²) in [5, 5.41) is 13.9. The minimum Gasteiger partial charge on any atom is -0.550 e. The van der Waals surface area contributed by atoms with Crippen LogP contribution in [-0.2, 0) is 9.59 Å². The van der Waals surface area contributed by atoms with Crippen LogP contribution in [0.15, 0.2) is 12.5 Å². The van der Waals surface area contributed by atoms with Gasteiger partial charge in [0.25, 0.3) is 0 Å². The first-order chi connectivity index (χ1) is 10.5. The Balaban J connectivity index is 0.000000290. The van der Waals surface area contributed by atoms with E-state index in [1.165, 1.54) is 18.5 Å². The van der Waals surface area contributed by atoms with E-state index in [0.29, 0.717) is 17.0 Å². The van der Waals surface area contributed by atoms with Crippen LogP contribution >= 0.6 is 15.9 Å². The fraction of sp³-hybridized carbons (Fsp3) is 0.571. The molecule has 0 aliphatic heterocycles. The van der Waals surface area contributed by atoms with Crippen molar-refractivity contribution in [3.8, 4) is 0 Å². The number of hydrogen-bond acceptors (Lipinski definition) is 4. The number of alkyl halides is 1. The van der Waals surface area contributed by atoms with Crippen molar-refractivity contribution in [3.63, 3.8) is 0 Å². The minimum atomic E-state index is -1.08. The fourth-order valence-electron chi connectivity index (χ4n) is 1.40. The molecule has 0 saturated heterocycles. The predicted octanol–water partition coefficient (Wildman–Crippen LogP) is -0.864. The van der Waals surface area contributed by atoms with E-state index in [0.717, 1.165) is 32.0 Å². The normalized spacial score (nSPS) is 14.8. The van der Waals surface area contributed by atoms with Crippen molar-refractivity contribution < 1.29 is 20.1 Å². The first-order valence-corrected chi connectivity index (χ1v) is 8.08. The van der Waals surface area contributed by atoms with Crippen molar-refractivity contribution in [2.75, 3.05) is 5.33 Å². The van der Waals surface area contributed by atoms with Crippen LogP contribution < -0.4 is 16.2 Å². The summed E-state index contributed by atoms with van der Waals surface area (Å²) >= 11 is 3.11. The van der Waals surface area contributed by atoms with Gasteiger partial charge in [0.05, 0.1) is 11.7 Å². The van der Waals surface area contributed by atoms with E-state index in [1.807, 2.05) is 6.20 Å². The van der Waals surface area contributed by atoms with Crippen molar-refractivity contribution in [1.82, 2.24) is 9.97 Å². The van der Waals surface area contributed by atoms with Crippen molar-refractivity contribution in [2.45, 2.75) is 38.5 Å². The number of rotatable bonds is 3. The number of aromatic nitrogens is 2. The first kappa shape index (κ1) is 20.3. The number of aliphatic carboxylic acids is 1. The molecule has 0 radical (unpaired) electrons. The number of carboxylic acid groups (broad SMARTS) is 1. The van der Waals surface area contributed by atoms with Crippen LogP contribution in [0.3, 0.4) is 0 Å². The number of hydrogen-bond donors (Lipinski definition) is 3. The van der Waals surface area contributed by atoms with Crippen LogP contribution in [0.2, 0.25) is 0 Å². The highest BCUT2D eigenvalue weighted by Gasteiger charge is 2.27. The van der Waals surface area contributed by atoms with Gasteiger partial charge in [0, 0.05) is 29.7 Å². The molecule has 2 aliphatic carbocycles. The average Bonchev–Trinajstić information content (AvgIpc) is 3.39. The summed E-state index contributed by atoms with van der Waals surface area (Å²) in [6.07, 6.45) is 9.62. The number of aromatic amines is 1. The van der Waals surface area contributed by atoms with Crippen LogP contribution in [0.5, 0.6) is 0 Å². The van der Waals surface area contributed by atoms with Gasteiger partial charge in [0.1, 0.15) is 5.78 Å². The molecule has 2 aliphatic rings. The Kier molecular flexibility index (Phi) is 11.0. The van der Waals surface area contributed by atoms with Crippen LogP contribution in [0, 0.1) is 5.92 Å². The molecule has 2 saturated carbocycles. The van der Waals surface area contributed by atoms with Gasteiger partial charge in [0.15, 0.2) is 0 Å². The van der Waals surface area contributed by atoms with Crippen molar-refractivity contribution in [1.29, 1.82) is 0 Å². The second-order valence-electron chi connectivity index (χ2n) is 4.84. The lowest BCUT2D eigenvalue weighted by Gasteiger charge is -1.83. The summed E-state index contributed by atoms with van der Waals surface area (Å²) in [5.41, 5.74) is 5.81. The molecule has 0 unspecified atom stereocenters. The molecule has 1 aromatic heterocycles. The van der Waals surface area contributed by atoms with Crippen LogP contribution in [0.25, 0.3) is 0 Å². The Labute approximate surface area is 138 Å². The number of carbonyl (C=O) groups is 2. The van der Waals surface area contributed by atoms with E-state index in [-0.39, 0.29) is 0 Å². The molecule has 5 N–H and O–H groups in total. The highest BCUT2D eigenvalue weighted by atomic mass is 79.9. The Morgan fingerprint density at radius 3 is 2.23 bits per heavy atom. The molecule has 2 fully saturated rings. The molecule has 1 heterocycles. The molecule has 0 spiro atoms. The van der Waals surface area contributed by atoms with E-state index < -0.39 is 5.97 Å². The molecule has 0 bridgehead atoms. The maximum absolute atomic E-state index is 10.5. The predicted molar refractivity (Wildman–Crippen MR) is 84.9 cm³/mol. The lowest BCUT2D eigenvalue weighted by Crippen LogP contribution is -2.33. The lowest BCUT2D eigenvalue weighted by molar-refractivity contribution is -0.302. The maximum Gasteiger partial charge on any atom is 0.225 e. The van der Waals surface area contributed by atoms with Gasteiger partial charge in [-0.3, -0.25) is 15.9 Å². The maximum atomic E-state index is 10.5. The third-order valence-electron chi connectivity index (χ3n) is 2.70. The Morgan fingerprint density at radius 1 is 1.50 bits per heavy atom. The van der Waals surface area contributed by atoms with Gasteiger partial charge in [-0.2, -0.15) is 0 Å². The Hall–Kier alpha value is -1.70. The van der Waals surface area contributed by atoms with Gasteiger partial charge in [-0.05, 0) is 32.6 Å². The van der Waals surface area contributed by atoms with Gasteiger partial charge in [0.2, 0.25) is 6.34 Å². The van der Waals surface area contributed by atoms with E-state index in [9.17, 15) is 4.79 Å². The minimum absolute atomic E-state index is 0.375. The number of H-pyrrole nitrogens is 1. The topological polar surface area (TPSA) is 137 Å². The highest BCUT2D eigenvalue weighted by Crippen LogP contribution is 2.38. The van der Waals surface area contributed by atoms with Gasteiger partial charge in [-0.15, -0.1) is 0 Å². The Morgan fingerprint density at radius 2 is 2.00 bits per heavy atom. The first-order valence-electron chi connectivity index (χ1n) is 6.95. The molecular formula is C14H23BrN4O3. The lowest BCUT2D eigenvalue weighted by atomic mass is 10.3. The Bertz CT molecular complexity index is 439. The molecule has 1 aromatic rings. The van der Waals surface area contributed by atoms with Gasteiger partial charge >= 0.3 is 0 Å². The van der Waals surface area contributed by atoms with Gasteiger partial charge in [-0.1, -0.05) is 15.9 Å². The molecule has 22 heavy (non-hydrogen) atoms. The van der Waals surface area contributed by atoms with Gasteiger partial charge in [-0.25, -0.2) is 4.98 Å². The van der Waals surface area contributed by atoms with Crippen molar-refractivity contribution >= 4 is 34.0 Å². The van der Waals surface area contributed by atoms with Crippen LogP contribution in [-0.4, -0.2) is 33.4 Å². The third kappa shape index (κ3) is 12.1. The van der Waals surface area contributed by atoms with E-state index >= 15 is 0 Å². The summed E-state index contributed by atoms with van der Waals surface area (Å²) < 4.78 is 0. The molecule has 124 valence electrons. The number of halogens is 1. The summed E-state index contributed by atoms with van der Waals surface area (Å²) in [7, 11) is 0. The number of ketones is 1. The van der Waals surface area contributed by atoms with E-state index in [1.54, 1.807) is 6.33 Å². The zero-order valence-electron chi connectivity index (χ0n) is 12.6. The van der Waals surface area contributed by atoms with Gasteiger partial charge < -0.3 is 14.9 Å². The number of imidazole rings is 1. The number of carboxylic acids is 1. The summed E-state index contributed by atoms with van der Waals surface area (Å²) in [5.74, 6) is 0.539. The highest BCUT2D eigenvalue weighted by molar-refractivity contribution is 9.09. The molecule has 0 amide bonds. The summed E-state index contributed by atoms with van der Waals surface area (Å²) in [6.45, 7) is 0.972. The number of nitrogens with one attached hydrogen (secondary N) is 1. The molecule has 8 heteroatoms. The zero-order chi connectivity index (χ0) is 17.0. The quantitative estimate of drug-likeness (QED) is 0.358. The number of Topliss-reactive ketones (excluding diaryl/α,β-unsaturated/α-hetero) is 1. The summed E-state index contributed by atoms with van der Waals surface area (Å²) in [4.78, 5) is 26.4. The number of nitrogens with zero attached hydrogens (tertiary/aromatic N) is 1. The zero-order valence-corrected chi connectivity index (χ0v) is 14.2. The molecule has 7 nitrogen and oxygen atoms in total. The largest absolute Gasteiger partial charge is 0.550 e. The van der Waals surface area contributed by atoms with Crippen molar-refractivity contribution in [3.05, 3.63) is 18.2 Å². The van der Waals surface area contributed by atoms with E-state index in [2.05, 4.69) is 37.0 Å².